The molecule has 1 heterocycles. The van der Waals surface area contributed by atoms with Gasteiger partial charge in [-0.05, 0) is 24.1 Å². The number of hydrogen-bond donors (Lipinski definition) is 1. The van der Waals surface area contributed by atoms with Gasteiger partial charge in [-0.3, -0.25) is 4.79 Å². The van der Waals surface area contributed by atoms with Crippen LogP contribution in [0.25, 0.3) is 0 Å². The Morgan fingerprint density at radius 2 is 1.63 bits per heavy atom. The third-order valence-electron chi connectivity index (χ3n) is 5.69. The molecular weight excluding hydrogens is 398 g/mol. The molecule has 1 aliphatic heterocycles. The SMILES string of the molecule is CCCc1ccc(S(=O)(=O)N2CC[NH+]([C@H](C(=O)N(C)C)c3ccccc3)CC2)cc1. The Morgan fingerprint density at radius 1 is 1.03 bits per heavy atom. The maximum Gasteiger partial charge on any atom is 0.285 e. The number of nitrogens with zero attached hydrogens (tertiary/aromatic N) is 2. The van der Waals surface area contributed by atoms with Gasteiger partial charge >= 0.3 is 0 Å². The van der Waals surface area contributed by atoms with Crippen molar-refractivity contribution in [2.24, 2.45) is 0 Å². The Bertz CT molecular complexity index is 935. The van der Waals surface area contributed by atoms with Gasteiger partial charge in [-0.25, -0.2) is 8.42 Å². The van der Waals surface area contributed by atoms with Crippen LogP contribution in [0.4, 0.5) is 0 Å². The lowest BCUT2D eigenvalue weighted by Crippen LogP contribution is -3.16. The summed E-state index contributed by atoms with van der Waals surface area (Å²) in [6.07, 6.45) is 1.98. The number of rotatable bonds is 7. The number of carbonyl (C=O) groups is 1. The van der Waals surface area contributed by atoms with E-state index in [1.807, 2.05) is 42.5 Å². The van der Waals surface area contributed by atoms with Crippen molar-refractivity contribution < 1.29 is 18.1 Å². The molecule has 0 radical (unpaired) electrons. The highest BCUT2D eigenvalue weighted by atomic mass is 32.2. The fourth-order valence-corrected chi connectivity index (χ4v) is 5.47. The number of amides is 1. The summed E-state index contributed by atoms with van der Waals surface area (Å²) < 4.78 is 27.7. The van der Waals surface area contributed by atoms with Gasteiger partial charge in [0.2, 0.25) is 10.0 Å². The summed E-state index contributed by atoms with van der Waals surface area (Å²) >= 11 is 0. The monoisotopic (exact) mass is 430 g/mol. The van der Waals surface area contributed by atoms with E-state index in [0.717, 1.165) is 28.9 Å². The number of nitrogens with one attached hydrogen (secondary N) is 1. The van der Waals surface area contributed by atoms with Crippen LogP contribution in [0.5, 0.6) is 0 Å². The molecule has 0 aliphatic carbocycles. The predicted octanol–water partition coefficient (Wildman–Crippen LogP) is 1.36. The lowest BCUT2D eigenvalue weighted by Gasteiger charge is -2.36. The quantitative estimate of drug-likeness (QED) is 0.722. The van der Waals surface area contributed by atoms with Crippen molar-refractivity contribution in [2.45, 2.75) is 30.7 Å². The molecule has 3 rings (SSSR count). The van der Waals surface area contributed by atoms with Crippen LogP contribution >= 0.6 is 0 Å². The van der Waals surface area contributed by atoms with Crippen LogP contribution in [0.15, 0.2) is 59.5 Å². The minimum absolute atomic E-state index is 0.0408. The summed E-state index contributed by atoms with van der Waals surface area (Å²) in [5, 5.41) is 0. The number of hydrogen-bond acceptors (Lipinski definition) is 3. The van der Waals surface area contributed by atoms with E-state index in [1.165, 1.54) is 0 Å². The molecule has 0 saturated carbocycles. The van der Waals surface area contributed by atoms with Crippen molar-refractivity contribution in [1.82, 2.24) is 9.21 Å². The first-order valence-corrected chi connectivity index (χ1v) is 12.0. The lowest BCUT2D eigenvalue weighted by atomic mass is 10.0. The van der Waals surface area contributed by atoms with Gasteiger partial charge in [-0.15, -0.1) is 0 Å². The van der Waals surface area contributed by atoms with Gasteiger partial charge in [0.1, 0.15) is 0 Å². The van der Waals surface area contributed by atoms with Crippen molar-refractivity contribution >= 4 is 15.9 Å². The summed E-state index contributed by atoms with van der Waals surface area (Å²) in [6, 6.07) is 16.7. The first-order chi connectivity index (χ1) is 14.3. The third-order valence-corrected chi connectivity index (χ3v) is 7.61. The normalized spacial score (nSPS) is 16.9. The molecule has 0 unspecified atom stereocenters. The lowest BCUT2D eigenvalue weighted by molar-refractivity contribution is -0.925. The number of carbonyl (C=O) groups excluding carboxylic acids is 1. The zero-order valence-corrected chi connectivity index (χ0v) is 18.9. The smallest absolute Gasteiger partial charge is 0.285 e. The van der Waals surface area contributed by atoms with Gasteiger partial charge in [-0.1, -0.05) is 55.8 Å². The molecule has 162 valence electrons. The van der Waals surface area contributed by atoms with E-state index < -0.39 is 10.0 Å². The molecule has 1 atom stereocenters. The Hall–Kier alpha value is -2.22. The number of quaternary nitrogens is 1. The van der Waals surface area contributed by atoms with Crippen LogP contribution in [0.3, 0.4) is 0 Å². The molecule has 2 aromatic rings. The summed E-state index contributed by atoms with van der Waals surface area (Å²) in [5.74, 6) is 0.0408. The molecule has 1 amide bonds. The minimum atomic E-state index is -3.52. The molecule has 0 spiro atoms. The Balaban J connectivity index is 1.74. The van der Waals surface area contributed by atoms with Crippen LogP contribution in [-0.2, 0) is 21.2 Å². The average molecular weight is 431 g/mol. The first-order valence-electron chi connectivity index (χ1n) is 10.5. The predicted molar refractivity (Wildman–Crippen MR) is 118 cm³/mol. The van der Waals surface area contributed by atoms with Gasteiger partial charge in [0, 0.05) is 19.7 Å². The zero-order valence-electron chi connectivity index (χ0n) is 18.0. The maximum absolute atomic E-state index is 13.1. The van der Waals surface area contributed by atoms with Crippen molar-refractivity contribution in [3.8, 4) is 0 Å². The molecule has 0 aromatic heterocycles. The second kappa shape index (κ2) is 9.73. The molecule has 1 saturated heterocycles. The summed E-state index contributed by atoms with van der Waals surface area (Å²) in [4.78, 5) is 16.0. The number of likely N-dealkylation sites (N-methyl/N-ethyl adjacent to an activating group) is 1. The molecule has 1 fully saturated rings. The number of sulfonamides is 1. The highest BCUT2D eigenvalue weighted by Crippen LogP contribution is 2.18. The van der Waals surface area contributed by atoms with Gasteiger partial charge < -0.3 is 9.80 Å². The summed E-state index contributed by atoms with van der Waals surface area (Å²) in [7, 11) is 0.00960. The standard InChI is InChI=1S/C23H31N3O3S/c1-4-8-19-11-13-21(14-12-19)30(28,29)26-17-15-25(16-18-26)22(23(27)24(2)3)20-9-6-5-7-10-20/h5-7,9-14,22H,4,8,15-18H2,1-3H3/p+1/t22-/m0/s1. The second-order valence-corrected chi connectivity index (χ2v) is 9.97. The molecule has 2 aromatic carbocycles. The van der Waals surface area contributed by atoms with E-state index in [0.29, 0.717) is 31.1 Å². The Kier molecular flexibility index (Phi) is 7.28. The molecule has 1 N–H and O–H groups in total. The molecule has 6 nitrogen and oxygen atoms in total. The third kappa shape index (κ3) is 4.91. The van der Waals surface area contributed by atoms with Crippen LogP contribution in [0.1, 0.15) is 30.5 Å². The van der Waals surface area contributed by atoms with Crippen LogP contribution < -0.4 is 4.90 Å². The fraction of sp³-hybridized carbons (Fsp3) is 0.435. The number of piperazine rings is 1. The number of aryl methyl sites for hydroxylation is 1. The topological polar surface area (TPSA) is 62.1 Å². The van der Waals surface area contributed by atoms with Gasteiger partial charge in [0.25, 0.3) is 5.91 Å². The van der Waals surface area contributed by atoms with Crippen molar-refractivity contribution in [3.63, 3.8) is 0 Å². The number of benzene rings is 2. The van der Waals surface area contributed by atoms with Crippen molar-refractivity contribution in [1.29, 1.82) is 0 Å². The van der Waals surface area contributed by atoms with Crippen LogP contribution in [0, 0.1) is 0 Å². The second-order valence-electron chi connectivity index (χ2n) is 8.03. The van der Waals surface area contributed by atoms with E-state index in [9.17, 15) is 13.2 Å². The maximum atomic E-state index is 13.1. The fourth-order valence-electron chi connectivity index (χ4n) is 4.02. The molecular formula is C23H32N3O3S+. The minimum Gasteiger partial charge on any atom is -0.343 e. The summed E-state index contributed by atoms with van der Waals surface area (Å²) in [6.45, 7) is 4.09. The molecule has 1 aliphatic rings. The van der Waals surface area contributed by atoms with Gasteiger partial charge in [0.05, 0.1) is 31.1 Å². The Labute approximate surface area is 180 Å². The Morgan fingerprint density at radius 3 is 2.17 bits per heavy atom. The van der Waals surface area contributed by atoms with Crippen LogP contribution in [-0.4, -0.2) is 63.8 Å². The average Bonchev–Trinajstić information content (AvgIpc) is 2.75. The van der Waals surface area contributed by atoms with E-state index in [2.05, 4.69) is 6.92 Å². The first kappa shape index (κ1) is 22.5. The van der Waals surface area contributed by atoms with Crippen molar-refractivity contribution in [2.75, 3.05) is 40.3 Å². The highest BCUT2D eigenvalue weighted by Gasteiger charge is 2.38. The molecule has 7 heteroatoms. The van der Waals surface area contributed by atoms with Gasteiger partial charge in [-0.2, -0.15) is 4.31 Å². The zero-order chi connectivity index (χ0) is 21.7. The van der Waals surface area contributed by atoms with Gasteiger partial charge in [0.15, 0.2) is 6.04 Å². The van der Waals surface area contributed by atoms with Crippen LogP contribution in [0.2, 0.25) is 0 Å². The molecule has 0 bridgehead atoms. The van der Waals surface area contributed by atoms with Crippen molar-refractivity contribution in [3.05, 3.63) is 65.7 Å². The van der Waals surface area contributed by atoms with E-state index in [1.54, 1.807) is 35.4 Å². The van der Waals surface area contributed by atoms with E-state index in [-0.39, 0.29) is 11.9 Å². The summed E-state index contributed by atoms with van der Waals surface area (Å²) in [5.41, 5.74) is 2.12. The van der Waals surface area contributed by atoms with E-state index >= 15 is 0 Å². The van der Waals surface area contributed by atoms with E-state index in [4.69, 9.17) is 0 Å². The highest BCUT2D eigenvalue weighted by molar-refractivity contribution is 7.89. The molecule has 30 heavy (non-hydrogen) atoms. The largest absolute Gasteiger partial charge is 0.343 e.